The van der Waals surface area contributed by atoms with Crippen molar-refractivity contribution in [2.75, 3.05) is 12.3 Å². The number of benzene rings is 1. The summed E-state index contributed by atoms with van der Waals surface area (Å²) in [6, 6.07) is 3.73. The van der Waals surface area contributed by atoms with Crippen LogP contribution in [0.2, 0.25) is 0 Å². The molecule has 0 aliphatic carbocycles. The average Bonchev–Trinajstić information content (AvgIpc) is 3.20. The summed E-state index contributed by atoms with van der Waals surface area (Å²) in [5.74, 6) is 2.24. The maximum atomic E-state index is 12.5. The highest BCUT2D eigenvalue weighted by molar-refractivity contribution is 7.22. The van der Waals surface area contributed by atoms with Gasteiger partial charge in [-0.15, -0.1) is 10.2 Å². The van der Waals surface area contributed by atoms with Crippen molar-refractivity contribution in [1.29, 1.82) is 0 Å². The van der Waals surface area contributed by atoms with Crippen LogP contribution in [0.25, 0.3) is 10.2 Å². The van der Waals surface area contributed by atoms with Gasteiger partial charge >= 0.3 is 0 Å². The number of hydrogen-bond donors (Lipinski definition) is 2. The van der Waals surface area contributed by atoms with Crippen molar-refractivity contribution in [1.82, 2.24) is 25.1 Å². The molecule has 1 aliphatic heterocycles. The van der Waals surface area contributed by atoms with Gasteiger partial charge in [0.25, 0.3) is 5.91 Å². The molecular weight excluding hydrogens is 324 g/mol. The smallest absolute Gasteiger partial charge is 0.251 e. The van der Waals surface area contributed by atoms with Gasteiger partial charge in [-0.25, -0.2) is 4.98 Å². The minimum Gasteiger partial charge on any atom is -0.375 e. The first-order valence-electron chi connectivity index (χ1n) is 7.85. The number of nitrogen functional groups attached to an aromatic ring is 1. The molecule has 24 heavy (non-hydrogen) atoms. The second-order valence-corrected chi connectivity index (χ2v) is 7.31. The Labute approximate surface area is 142 Å². The summed E-state index contributed by atoms with van der Waals surface area (Å²) in [6.45, 7) is 5.39. The maximum Gasteiger partial charge on any atom is 0.251 e. The number of rotatable bonds is 3. The van der Waals surface area contributed by atoms with Crippen LogP contribution in [0.5, 0.6) is 0 Å². The second-order valence-electron chi connectivity index (χ2n) is 6.25. The van der Waals surface area contributed by atoms with Gasteiger partial charge in [0.1, 0.15) is 11.6 Å². The molecule has 1 aliphatic rings. The van der Waals surface area contributed by atoms with E-state index < -0.39 is 0 Å². The Balaban J connectivity index is 1.45. The van der Waals surface area contributed by atoms with Gasteiger partial charge in [-0.2, -0.15) is 0 Å². The van der Waals surface area contributed by atoms with E-state index in [1.807, 2.05) is 26.0 Å². The van der Waals surface area contributed by atoms with E-state index in [0.29, 0.717) is 23.2 Å². The Morgan fingerprint density at radius 2 is 2.25 bits per heavy atom. The number of nitrogens with zero attached hydrogens (tertiary/aromatic N) is 4. The minimum atomic E-state index is -0.0636. The van der Waals surface area contributed by atoms with E-state index in [-0.39, 0.29) is 5.91 Å². The Morgan fingerprint density at radius 3 is 3.04 bits per heavy atom. The largest absolute Gasteiger partial charge is 0.375 e. The van der Waals surface area contributed by atoms with E-state index in [0.717, 1.165) is 40.4 Å². The predicted molar refractivity (Wildman–Crippen MR) is 93.1 cm³/mol. The number of aryl methyl sites for hydroxylation is 2. The van der Waals surface area contributed by atoms with E-state index in [2.05, 4.69) is 25.1 Å². The number of anilines is 1. The van der Waals surface area contributed by atoms with Crippen molar-refractivity contribution in [2.24, 2.45) is 5.92 Å². The number of aromatic nitrogens is 4. The third kappa shape index (κ3) is 2.52. The summed E-state index contributed by atoms with van der Waals surface area (Å²) in [6.07, 6.45) is 0.852. The number of hydrogen-bond acceptors (Lipinski definition) is 6. The molecule has 0 bridgehead atoms. The lowest BCUT2D eigenvalue weighted by atomic mass is 10.1. The third-order valence-corrected chi connectivity index (χ3v) is 5.27. The van der Waals surface area contributed by atoms with Gasteiger partial charge in [-0.05, 0) is 31.5 Å². The van der Waals surface area contributed by atoms with E-state index in [1.54, 1.807) is 0 Å². The number of nitrogens with two attached hydrogens (primary N) is 1. The molecule has 124 valence electrons. The van der Waals surface area contributed by atoms with Gasteiger partial charge in [0, 0.05) is 31.0 Å². The molecule has 1 atom stereocenters. The number of nitrogens with one attached hydrogen (secondary N) is 1. The van der Waals surface area contributed by atoms with Crippen LogP contribution in [-0.4, -0.2) is 32.2 Å². The molecule has 7 nitrogen and oxygen atoms in total. The normalized spacial score (nSPS) is 16.5. The standard InChI is InChI=1S/C16H18N6OS/c1-8-3-11(5-12-14(8)19-16(17)24-12)15(23)18-6-10-4-13-21-20-9(2)22(13)7-10/h3,5,10H,4,6-7H2,1-2H3,(H2,17,19)(H,18,23). The predicted octanol–water partition coefficient (Wildman–Crippen LogP) is 1.69. The molecule has 3 N–H and O–H groups in total. The fraction of sp³-hybridized carbons (Fsp3) is 0.375. The van der Waals surface area contributed by atoms with E-state index in [1.165, 1.54) is 11.3 Å². The van der Waals surface area contributed by atoms with Crippen molar-refractivity contribution in [3.63, 3.8) is 0 Å². The van der Waals surface area contributed by atoms with Crippen molar-refractivity contribution < 1.29 is 4.79 Å². The lowest BCUT2D eigenvalue weighted by molar-refractivity contribution is 0.0947. The van der Waals surface area contributed by atoms with Gasteiger partial charge < -0.3 is 15.6 Å². The summed E-state index contributed by atoms with van der Waals surface area (Å²) in [5.41, 5.74) is 8.25. The van der Waals surface area contributed by atoms with Gasteiger partial charge in [0.15, 0.2) is 5.13 Å². The molecule has 0 radical (unpaired) electrons. The van der Waals surface area contributed by atoms with E-state index in [4.69, 9.17) is 5.73 Å². The molecule has 1 aromatic carbocycles. The molecule has 0 fully saturated rings. The summed E-state index contributed by atoms with van der Waals surface area (Å²) in [7, 11) is 0. The van der Waals surface area contributed by atoms with Gasteiger partial charge in [0.2, 0.25) is 0 Å². The van der Waals surface area contributed by atoms with E-state index >= 15 is 0 Å². The first kappa shape index (κ1) is 15.1. The highest BCUT2D eigenvalue weighted by Gasteiger charge is 2.25. The lowest BCUT2D eigenvalue weighted by Gasteiger charge is -2.11. The summed E-state index contributed by atoms with van der Waals surface area (Å²) in [5, 5.41) is 11.8. The van der Waals surface area contributed by atoms with Crippen LogP contribution < -0.4 is 11.1 Å². The fourth-order valence-corrected chi connectivity index (χ4v) is 4.07. The third-order valence-electron chi connectivity index (χ3n) is 4.44. The maximum absolute atomic E-state index is 12.5. The number of fused-ring (bicyclic) bond motifs is 2. The molecule has 3 heterocycles. The zero-order valence-corrected chi connectivity index (χ0v) is 14.4. The number of thiazole rings is 1. The van der Waals surface area contributed by atoms with Crippen molar-refractivity contribution in [3.05, 3.63) is 34.9 Å². The van der Waals surface area contributed by atoms with Crippen LogP contribution in [0.15, 0.2) is 12.1 Å². The second kappa shape index (κ2) is 5.55. The molecule has 0 saturated heterocycles. The number of carbonyl (C=O) groups excluding carboxylic acids is 1. The molecule has 8 heteroatoms. The number of carbonyl (C=O) groups is 1. The molecular formula is C16H18N6OS. The highest BCUT2D eigenvalue weighted by atomic mass is 32.1. The summed E-state index contributed by atoms with van der Waals surface area (Å²) >= 11 is 1.40. The Morgan fingerprint density at radius 1 is 1.42 bits per heavy atom. The number of amides is 1. The molecule has 4 rings (SSSR count). The summed E-state index contributed by atoms with van der Waals surface area (Å²) in [4.78, 5) is 16.8. The molecule has 0 saturated carbocycles. The zero-order chi connectivity index (χ0) is 16.8. The quantitative estimate of drug-likeness (QED) is 0.755. The average molecular weight is 342 g/mol. The Hall–Kier alpha value is -2.48. The van der Waals surface area contributed by atoms with Crippen LogP contribution in [0.1, 0.15) is 27.6 Å². The van der Waals surface area contributed by atoms with Gasteiger partial charge in [0.05, 0.1) is 10.2 Å². The topological polar surface area (TPSA) is 98.7 Å². The first-order chi connectivity index (χ1) is 11.5. The monoisotopic (exact) mass is 342 g/mol. The van der Waals surface area contributed by atoms with Crippen LogP contribution >= 0.6 is 11.3 Å². The fourth-order valence-electron chi connectivity index (χ4n) is 3.22. The molecule has 1 amide bonds. The molecule has 0 spiro atoms. The van der Waals surface area contributed by atoms with Crippen LogP contribution in [0.3, 0.4) is 0 Å². The highest BCUT2D eigenvalue weighted by Crippen LogP contribution is 2.27. The van der Waals surface area contributed by atoms with E-state index in [9.17, 15) is 4.79 Å². The first-order valence-corrected chi connectivity index (χ1v) is 8.66. The Kier molecular flexibility index (Phi) is 3.49. The minimum absolute atomic E-state index is 0.0636. The van der Waals surface area contributed by atoms with Crippen molar-refractivity contribution in [2.45, 2.75) is 26.8 Å². The molecule has 1 unspecified atom stereocenters. The Bertz CT molecular complexity index is 944. The van der Waals surface area contributed by atoms with Crippen molar-refractivity contribution in [3.8, 4) is 0 Å². The lowest BCUT2D eigenvalue weighted by Crippen LogP contribution is -2.30. The molecule has 2 aromatic heterocycles. The van der Waals surface area contributed by atoms with Crippen LogP contribution in [0, 0.1) is 19.8 Å². The zero-order valence-electron chi connectivity index (χ0n) is 13.5. The van der Waals surface area contributed by atoms with Crippen LogP contribution in [0.4, 0.5) is 5.13 Å². The SMILES string of the molecule is Cc1cc(C(=O)NCC2Cc3nnc(C)n3C2)cc2sc(N)nc12. The van der Waals surface area contributed by atoms with Crippen molar-refractivity contribution >= 4 is 32.6 Å². The summed E-state index contributed by atoms with van der Waals surface area (Å²) < 4.78 is 3.06. The van der Waals surface area contributed by atoms with Crippen LogP contribution in [-0.2, 0) is 13.0 Å². The van der Waals surface area contributed by atoms with Gasteiger partial charge in [-0.1, -0.05) is 11.3 Å². The van der Waals surface area contributed by atoms with Gasteiger partial charge in [-0.3, -0.25) is 4.79 Å². The molecule has 3 aromatic rings.